The first-order valence-electron chi connectivity index (χ1n) is 9.61. The number of oxazole rings is 1. The van der Waals surface area contributed by atoms with Gasteiger partial charge in [0, 0.05) is 22.2 Å². The maximum atomic E-state index is 13.3. The van der Waals surface area contributed by atoms with Crippen LogP contribution in [0, 0.1) is 5.82 Å². The van der Waals surface area contributed by atoms with Crippen LogP contribution in [0.3, 0.4) is 0 Å². The van der Waals surface area contributed by atoms with E-state index in [0.29, 0.717) is 27.9 Å². The third-order valence-electron chi connectivity index (χ3n) is 4.62. The van der Waals surface area contributed by atoms with Crippen molar-refractivity contribution < 1.29 is 18.7 Å². The Bertz CT molecular complexity index is 1170. The zero-order chi connectivity index (χ0) is 22.0. The topological polar surface area (TPSA) is 68.4 Å². The SMILES string of the molecule is COc1ccc(Sc2oc(-c3ccc(F)cc3)nc2-c2ccc(C(C)(C)O)nc2)cc1. The number of nitrogens with zero attached hydrogens (tertiary/aromatic N) is 2. The number of rotatable bonds is 6. The predicted molar refractivity (Wildman–Crippen MR) is 117 cm³/mol. The molecule has 0 amide bonds. The fourth-order valence-corrected chi connectivity index (χ4v) is 3.79. The largest absolute Gasteiger partial charge is 0.497 e. The molecule has 2 aromatic heterocycles. The second-order valence-corrected chi connectivity index (χ2v) is 8.48. The summed E-state index contributed by atoms with van der Waals surface area (Å²) in [4.78, 5) is 10.00. The number of hydrogen-bond donors (Lipinski definition) is 1. The number of benzene rings is 2. The molecule has 0 aliphatic heterocycles. The van der Waals surface area contributed by atoms with Crippen LogP contribution in [0.4, 0.5) is 4.39 Å². The first-order valence-corrected chi connectivity index (χ1v) is 10.4. The average Bonchev–Trinajstić information content (AvgIpc) is 3.18. The Morgan fingerprint density at radius 2 is 1.65 bits per heavy atom. The third-order valence-corrected chi connectivity index (χ3v) is 5.59. The number of ether oxygens (including phenoxy) is 1. The van der Waals surface area contributed by atoms with E-state index in [2.05, 4.69) is 9.97 Å². The summed E-state index contributed by atoms with van der Waals surface area (Å²) >= 11 is 1.42. The Hall–Kier alpha value is -3.16. The summed E-state index contributed by atoms with van der Waals surface area (Å²) < 4.78 is 24.6. The monoisotopic (exact) mass is 436 g/mol. The molecule has 158 valence electrons. The highest BCUT2D eigenvalue weighted by Crippen LogP contribution is 2.39. The van der Waals surface area contributed by atoms with Crippen molar-refractivity contribution >= 4 is 11.8 Å². The molecule has 0 saturated heterocycles. The van der Waals surface area contributed by atoms with Gasteiger partial charge in [0.2, 0.25) is 5.89 Å². The Morgan fingerprint density at radius 3 is 2.23 bits per heavy atom. The highest BCUT2D eigenvalue weighted by atomic mass is 32.2. The molecule has 31 heavy (non-hydrogen) atoms. The van der Waals surface area contributed by atoms with Gasteiger partial charge in [-0.05, 0) is 86.3 Å². The van der Waals surface area contributed by atoms with Crippen molar-refractivity contribution in [3.05, 3.63) is 78.4 Å². The quantitative estimate of drug-likeness (QED) is 0.404. The molecular formula is C24H21FN2O3S. The van der Waals surface area contributed by atoms with Gasteiger partial charge in [0.15, 0.2) is 5.09 Å². The van der Waals surface area contributed by atoms with Crippen LogP contribution < -0.4 is 4.74 Å². The highest BCUT2D eigenvalue weighted by Gasteiger charge is 2.21. The van der Waals surface area contributed by atoms with Crippen molar-refractivity contribution in [2.45, 2.75) is 29.4 Å². The molecule has 0 spiro atoms. The van der Waals surface area contributed by atoms with Gasteiger partial charge >= 0.3 is 0 Å². The van der Waals surface area contributed by atoms with E-state index >= 15 is 0 Å². The summed E-state index contributed by atoms with van der Waals surface area (Å²) in [5, 5.41) is 10.8. The van der Waals surface area contributed by atoms with Gasteiger partial charge in [0.05, 0.1) is 12.8 Å². The van der Waals surface area contributed by atoms with Crippen molar-refractivity contribution in [1.29, 1.82) is 0 Å². The lowest BCUT2D eigenvalue weighted by molar-refractivity contribution is 0.0739. The molecule has 0 atom stereocenters. The third kappa shape index (κ3) is 4.78. The minimum Gasteiger partial charge on any atom is -0.497 e. The van der Waals surface area contributed by atoms with Gasteiger partial charge in [-0.25, -0.2) is 9.37 Å². The molecule has 7 heteroatoms. The summed E-state index contributed by atoms with van der Waals surface area (Å²) in [5.41, 5.74) is 1.56. The lowest BCUT2D eigenvalue weighted by atomic mass is 10.0. The van der Waals surface area contributed by atoms with E-state index < -0.39 is 5.60 Å². The molecule has 0 bridgehead atoms. The Kier molecular flexibility index (Phi) is 5.80. The van der Waals surface area contributed by atoms with Crippen LogP contribution in [0.5, 0.6) is 5.75 Å². The van der Waals surface area contributed by atoms with Gasteiger partial charge in [-0.1, -0.05) is 0 Å². The Morgan fingerprint density at radius 1 is 0.968 bits per heavy atom. The number of aromatic nitrogens is 2. The molecule has 0 unspecified atom stereocenters. The van der Waals surface area contributed by atoms with E-state index in [1.54, 1.807) is 45.4 Å². The number of methoxy groups -OCH3 is 1. The lowest BCUT2D eigenvalue weighted by Crippen LogP contribution is -2.17. The molecule has 2 aromatic carbocycles. The lowest BCUT2D eigenvalue weighted by Gasteiger charge is -2.16. The van der Waals surface area contributed by atoms with E-state index in [-0.39, 0.29) is 5.82 Å². The average molecular weight is 437 g/mol. The van der Waals surface area contributed by atoms with Crippen LogP contribution in [-0.4, -0.2) is 22.2 Å². The minimum atomic E-state index is -1.04. The fourth-order valence-electron chi connectivity index (χ4n) is 2.92. The second kappa shape index (κ2) is 8.53. The maximum absolute atomic E-state index is 13.3. The zero-order valence-electron chi connectivity index (χ0n) is 17.3. The van der Waals surface area contributed by atoms with Crippen LogP contribution in [0.2, 0.25) is 0 Å². The molecule has 4 rings (SSSR count). The molecule has 2 heterocycles. The number of aliphatic hydroxyl groups is 1. The van der Waals surface area contributed by atoms with Crippen molar-refractivity contribution in [2.24, 2.45) is 0 Å². The van der Waals surface area contributed by atoms with Crippen molar-refractivity contribution in [1.82, 2.24) is 9.97 Å². The molecular weight excluding hydrogens is 415 g/mol. The van der Waals surface area contributed by atoms with Gasteiger partial charge in [0.25, 0.3) is 0 Å². The normalized spacial score (nSPS) is 11.5. The summed E-state index contributed by atoms with van der Waals surface area (Å²) in [5.74, 6) is 0.827. The molecule has 5 nitrogen and oxygen atoms in total. The number of pyridine rings is 1. The predicted octanol–water partition coefficient (Wildman–Crippen LogP) is 5.93. The van der Waals surface area contributed by atoms with Crippen LogP contribution in [0.1, 0.15) is 19.5 Å². The van der Waals surface area contributed by atoms with E-state index in [4.69, 9.17) is 9.15 Å². The maximum Gasteiger partial charge on any atom is 0.228 e. The number of hydrogen-bond acceptors (Lipinski definition) is 6. The fraction of sp³-hybridized carbons (Fsp3) is 0.167. The first-order chi connectivity index (χ1) is 14.8. The molecule has 4 aromatic rings. The Labute approximate surface area is 183 Å². The van der Waals surface area contributed by atoms with Crippen LogP contribution in [-0.2, 0) is 5.60 Å². The van der Waals surface area contributed by atoms with Crippen LogP contribution in [0.15, 0.2) is 81.3 Å². The van der Waals surface area contributed by atoms with Gasteiger partial charge in [-0.2, -0.15) is 0 Å². The van der Waals surface area contributed by atoms with Gasteiger partial charge < -0.3 is 14.3 Å². The minimum absolute atomic E-state index is 0.324. The van der Waals surface area contributed by atoms with Gasteiger partial charge in [-0.15, -0.1) is 0 Å². The zero-order valence-corrected chi connectivity index (χ0v) is 18.1. The van der Waals surface area contributed by atoms with E-state index in [1.165, 1.54) is 23.9 Å². The van der Waals surface area contributed by atoms with Crippen molar-refractivity contribution in [3.63, 3.8) is 0 Å². The first kappa shape index (κ1) is 21.1. The molecule has 0 aliphatic rings. The van der Waals surface area contributed by atoms with Crippen LogP contribution >= 0.6 is 11.8 Å². The standard InChI is InChI=1S/C24H21FN2O3S/c1-24(2,28)20-13-6-16(14-26-20)21-23(31-19-11-9-18(29-3)10-12-19)30-22(27-21)15-4-7-17(25)8-5-15/h4-14,28H,1-3H3. The van der Waals surface area contributed by atoms with E-state index in [0.717, 1.165) is 16.2 Å². The molecule has 0 aliphatic carbocycles. The second-order valence-electron chi connectivity index (χ2n) is 7.43. The van der Waals surface area contributed by atoms with Gasteiger partial charge in [0.1, 0.15) is 22.9 Å². The molecule has 0 radical (unpaired) electrons. The molecule has 1 N–H and O–H groups in total. The number of halogens is 1. The molecule has 0 saturated carbocycles. The van der Waals surface area contributed by atoms with Crippen molar-refractivity contribution in [2.75, 3.05) is 7.11 Å². The smallest absolute Gasteiger partial charge is 0.228 e. The summed E-state index contributed by atoms with van der Waals surface area (Å²) in [7, 11) is 1.62. The van der Waals surface area contributed by atoms with Gasteiger partial charge in [-0.3, -0.25) is 4.98 Å². The Balaban J connectivity index is 1.74. The summed E-state index contributed by atoms with van der Waals surface area (Å²) in [6.07, 6.45) is 1.66. The van der Waals surface area contributed by atoms with Crippen molar-refractivity contribution in [3.8, 4) is 28.5 Å². The van der Waals surface area contributed by atoms with E-state index in [9.17, 15) is 9.50 Å². The summed E-state index contributed by atoms with van der Waals surface area (Å²) in [6.45, 7) is 3.37. The summed E-state index contributed by atoms with van der Waals surface area (Å²) in [6, 6.07) is 17.2. The highest BCUT2D eigenvalue weighted by molar-refractivity contribution is 7.99. The van der Waals surface area contributed by atoms with Crippen LogP contribution in [0.25, 0.3) is 22.7 Å². The molecule has 0 fully saturated rings. The van der Waals surface area contributed by atoms with E-state index in [1.807, 2.05) is 30.3 Å².